The number of benzene rings is 4. The lowest BCUT2D eigenvalue weighted by Crippen LogP contribution is -2.01. The second-order valence-electron chi connectivity index (χ2n) is 7.48. The van der Waals surface area contributed by atoms with Crippen LogP contribution >= 0.6 is 0 Å². The van der Waals surface area contributed by atoms with Crippen molar-refractivity contribution in [1.29, 1.82) is 0 Å². The van der Waals surface area contributed by atoms with Crippen molar-refractivity contribution >= 4 is 21.5 Å². The van der Waals surface area contributed by atoms with Crippen molar-refractivity contribution in [3.05, 3.63) is 96.1 Å². The first-order chi connectivity index (χ1) is 12.8. The number of hydrogen-bond acceptors (Lipinski definition) is 0. The van der Waals surface area contributed by atoms with E-state index >= 15 is 0 Å². The fraction of sp³-hybridized carbons (Fsp3) is 0.231. The van der Waals surface area contributed by atoms with Crippen LogP contribution in [0.2, 0.25) is 0 Å². The average Bonchev–Trinajstić information content (AvgIpc) is 2.68. The molecule has 0 saturated carbocycles. The summed E-state index contributed by atoms with van der Waals surface area (Å²) < 4.78 is 0. The zero-order valence-corrected chi connectivity index (χ0v) is 15.5. The van der Waals surface area contributed by atoms with E-state index < -0.39 is 0 Å². The van der Waals surface area contributed by atoms with Crippen LogP contribution in [0.3, 0.4) is 0 Å². The second-order valence-corrected chi connectivity index (χ2v) is 7.48. The molecule has 0 amide bonds. The maximum absolute atomic E-state index is 2.39. The molecule has 1 unspecified atom stereocenters. The highest BCUT2D eigenvalue weighted by Gasteiger charge is 2.08. The Morgan fingerprint density at radius 3 is 1.85 bits per heavy atom. The average molecular weight is 338 g/mol. The quantitative estimate of drug-likeness (QED) is 0.349. The van der Waals surface area contributed by atoms with Crippen molar-refractivity contribution in [3.8, 4) is 0 Å². The lowest BCUT2D eigenvalue weighted by Gasteiger charge is -2.14. The summed E-state index contributed by atoms with van der Waals surface area (Å²) in [6, 6.07) is 30.9. The summed E-state index contributed by atoms with van der Waals surface area (Å²) >= 11 is 0. The number of rotatable bonds is 6. The molecule has 0 heterocycles. The van der Waals surface area contributed by atoms with E-state index in [2.05, 4.69) is 91.9 Å². The van der Waals surface area contributed by atoms with Gasteiger partial charge in [0.25, 0.3) is 0 Å². The maximum atomic E-state index is 2.39. The molecule has 4 aromatic rings. The minimum absolute atomic E-state index is 0.704. The van der Waals surface area contributed by atoms with Crippen LogP contribution in [-0.4, -0.2) is 0 Å². The van der Waals surface area contributed by atoms with Crippen LogP contribution in [0, 0.1) is 5.92 Å². The van der Waals surface area contributed by atoms with E-state index in [0.29, 0.717) is 5.92 Å². The summed E-state index contributed by atoms with van der Waals surface area (Å²) in [5.41, 5.74) is 2.97. The Balaban J connectivity index is 1.40. The van der Waals surface area contributed by atoms with Gasteiger partial charge in [-0.25, -0.2) is 0 Å². The Hall–Kier alpha value is -2.60. The molecule has 4 aromatic carbocycles. The van der Waals surface area contributed by atoms with E-state index in [1.54, 1.807) is 0 Å². The van der Waals surface area contributed by atoms with Crippen LogP contribution in [0.1, 0.15) is 30.9 Å². The molecule has 0 aliphatic carbocycles. The summed E-state index contributed by atoms with van der Waals surface area (Å²) in [5, 5.41) is 5.54. The molecule has 1 atom stereocenters. The molecular formula is C26H26. The smallest absolute Gasteiger partial charge is 0.0152 e. The van der Waals surface area contributed by atoms with Crippen molar-refractivity contribution in [3.63, 3.8) is 0 Å². The molecule has 0 spiro atoms. The van der Waals surface area contributed by atoms with Crippen molar-refractivity contribution in [2.24, 2.45) is 5.92 Å². The third-order valence-corrected chi connectivity index (χ3v) is 5.47. The van der Waals surface area contributed by atoms with Gasteiger partial charge in [-0.05, 0) is 57.9 Å². The first kappa shape index (κ1) is 16.8. The SMILES string of the molecule is CC(CCCc1cccc2ccccc12)Cc1cccc2ccccc12. The molecule has 0 nitrogen and oxygen atoms in total. The van der Waals surface area contributed by atoms with Crippen LogP contribution in [0.25, 0.3) is 21.5 Å². The fourth-order valence-electron chi connectivity index (χ4n) is 4.10. The second kappa shape index (κ2) is 7.74. The number of hydrogen-bond donors (Lipinski definition) is 0. The molecule has 0 N–H and O–H groups in total. The molecular weight excluding hydrogens is 312 g/mol. The fourth-order valence-corrected chi connectivity index (χ4v) is 4.10. The molecule has 130 valence electrons. The number of fused-ring (bicyclic) bond motifs is 2. The van der Waals surface area contributed by atoms with Crippen molar-refractivity contribution in [2.75, 3.05) is 0 Å². The molecule has 0 aliphatic heterocycles. The molecule has 0 aromatic heterocycles. The predicted molar refractivity (Wildman–Crippen MR) is 114 cm³/mol. The Labute approximate surface area is 156 Å². The van der Waals surface area contributed by atoms with Crippen LogP contribution in [0.5, 0.6) is 0 Å². The molecule has 0 radical (unpaired) electrons. The van der Waals surface area contributed by atoms with E-state index in [4.69, 9.17) is 0 Å². The van der Waals surface area contributed by atoms with Crippen molar-refractivity contribution < 1.29 is 0 Å². The third-order valence-electron chi connectivity index (χ3n) is 5.47. The van der Waals surface area contributed by atoms with Gasteiger partial charge in [0.15, 0.2) is 0 Å². The van der Waals surface area contributed by atoms with Gasteiger partial charge in [-0.15, -0.1) is 0 Å². The molecule has 0 bridgehead atoms. The lowest BCUT2D eigenvalue weighted by molar-refractivity contribution is 0.510. The predicted octanol–water partition coefficient (Wildman–Crippen LogP) is 7.19. The molecule has 0 fully saturated rings. The molecule has 0 aliphatic rings. The summed E-state index contributed by atoms with van der Waals surface area (Å²) in [6.07, 6.45) is 4.85. The summed E-state index contributed by atoms with van der Waals surface area (Å²) in [6.45, 7) is 2.39. The largest absolute Gasteiger partial charge is 0.0622 e. The monoisotopic (exact) mass is 338 g/mol. The highest BCUT2D eigenvalue weighted by molar-refractivity contribution is 5.86. The standard InChI is InChI=1S/C26H26/c1-20(19-24-16-8-15-22-11-3-5-18-26(22)24)9-6-12-23-14-7-13-21-10-2-4-17-25(21)23/h2-5,7-8,10-11,13-18,20H,6,9,12,19H2,1H3. The van der Waals surface area contributed by atoms with Gasteiger partial charge in [-0.2, -0.15) is 0 Å². The summed E-state index contributed by atoms with van der Waals surface area (Å²) in [7, 11) is 0. The van der Waals surface area contributed by atoms with Crippen molar-refractivity contribution in [2.45, 2.75) is 32.6 Å². The van der Waals surface area contributed by atoms with Gasteiger partial charge in [0.2, 0.25) is 0 Å². The topological polar surface area (TPSA) is 0 Å². The maximum Gasteiger partial charge on any atom is -0.0152 e. The lowest BCUT2D eigenvalue weighted by atomic mass is 9.91. The first-order valence-corrected chi connectivity index (χ1v) is 9.74. The highest BCUT2D eigenvalue weighted by atomic mass is 14.1. The van der Waals surface area contributed by atoms with E-state index in [-0.39, 0.29) is 0 Å². The first-order valence-electron chi connectivity index (χ1n) is 9.74. The molecule has 26 heavy (non-hydrogen) atoms. The Morgan fingerprint density at radius 2 is 1.15 bits per heavy atom. The van der Waals surface area contributed by atoms with E-state index in [1.165, 1.54) is 51.9 Å². The van der Waals surface area contributed by atoms with Crippen LogP contribution in [-0.2, 0) is 12.8 Å². The Kier molecular flexibility index (Phi) is 5.02. The highest BCUT2D eigenvalue weighted by Crippen LogP contribution is 2.24. The zero-order valence-electron chi connectivity index (χ0n) is 15.5. The summed E-state index contributed by atoms with van der Waals surface area (Å²) in [4.78, 5) is 0. The normalized spacial score (nSPS) is 12.5. The van der Waals surface area contributed by atoms with Gasteiger partial charge in [0.1, 0.15) is 0 Å². The van der Waals surface area contributed by atoms with Gasteiger partial charge in [-0.3, -0.25) is 0 Å². The molecule has 0 heteroatoms. The van der Waals surface area contributed by atoms with Crippen LogP contribution < -0.4 is 0 Å². The minimum Gasteiger partial charge on any atom is -0.0622 e. The van der Waals surface area contributed by atoms with Gasteiger partial charge < -0.3 is 0 Å². The van der Waals surface area contributed by atoms with Gasteiger partial charge >= 0.3 is 0 Å². The van der Waals surface area contributed by atoms with Gasteiger partial charge in [-0.1, -0.05) is 98.3 Å². The molecule has 0 saturated heterocycles. The number of aryl methyl sites for hydroxylation is 1. The summed E-state index contributed by atoms with van der Waals surface area (Å²) in [5.74, 6) is 0.704. The Morgan fingerprint density at radius 1 is 0.615 bits per heavy atom. The minimum atomic E-state index is 0.704. The Bertz CT molecular complexity index is 1000. The van der Waals surface area contributed by atoms with E-state index in [1.807, 2.05) is 0 Å². The van der Waals surface area contributed by atoms with E-state index in [0.717, 1.165) is 6.42 Å². The van der Waals surface area contributed by atoms with Gasteiger partial charge in [0.05, 0.1) is 0 Å². The van der Waals surface area contributed by atoms with E-state index in [9.17, 15) is 0 Å². The van der Waals surface area contributed by atoms with Gasteiger partial charge in [0, 0.05) is 0 Å². The van der Waals surface area contributed by atoms with Crippen molar-refractivity contribution in [1.82, 2.24) is 0 Å². The third kappa shape index (κ3) is 3.65. The molecule has 4 rings (SSSR count). The van der Waals surface area contributed by atoms with Crippen LogP contribution in [0.4, 0.5) is 0 Å². The van der Waals surface area contributed by atoms with Crippen LogP contribution in [0.15, 0.2) is 84.9 Å². The zero-order chi connectivity index (χ0) is 17.8.